The average molecular weight is 455 g/mol. The highest BCUT2D eigenvalue weighted by Gasteiger charge is 2.32. The normalized spacial score (nSPS) is 18.9. The van der Waals surface area contributed by atoms with Crippen molar-refractivity contribution in [3.63, 3.8) is 0 Å². The summed E-state index contributed by atoms with van der Waals surface area (Å²) < 4.78 is 17.5. The predicted octanol–water partition coefficient (Wildman–Crippen LogP) is 3.39. The Labute approximate surface area is 195 Å². The summed E-state index contributed by atoms with van der Waals surface area (Å²) in [5, 5.41) is 10.5. The van der Waals surface area contributed by atoms with Gasteiger partial charge in [-0.05, 0) is 45.0 Å². The van der Waals surface area contributed by atoms with Crippen LogP contribution in [0.4, 0.5) is 5.69 Å². The van der Waals surface area contributed by atoms with Crippen LogP contribution in [-0.2, 0) is 0 Å². The van der Waals surface area contributed by atoms with Crippen LogP contribution in [0.2, 0.25) is 0 Å². The number of rotatable bonds is 8. The van der Waals surface area contributed by atoms with Gasteiger partial charge in [-0.25, -0.2) is 0 Å². The van der Waals surface area contributed by atoms with Gasteiger partial charge in [0.15, 0.2) is 5.78 Å². The molecule has 1 unspecified atom stereocenters. The van der Waals surface area contributed by atoms with Gasteiger partial charge in [0, 0.05) is 38.8 Å². The molecule has 2 heterocycles. The van der Waals surface area contributed by atoms with Crippen LogP contribution in [0.15, 0.2) is 42.5 Å². The van der Waals surface area contributed by atoms with E-state index in [9.17, 15) is 9.90 Å². The van der Waals surface area contributed by atoms with Crippen LogP contribution in [0.25, 0.3) is 0 Å². The minimum Gasteiger partial charge on any atom is -0.492 e. The van der Waals surface area contributed by atoms with Crippen molar-refractivity contribution in [2.75, 3.05) is 50.8 Å². The van der Waals surface area contributed by atoms with Crippen molar-refractivity contribution in [3.8, 4) is 17.2 Å². The fourth-order valence-corrected chi connectivity index (χ4v) is 4.43. The number of ether oxygens (including phenoxy) is 3. The van der Waals surface area contributed by atoms with E-state index in [1.807, 2.05) is 39.0 Å². The van der Waals surface area contributed by atoms with E-state index in [-0.39, 0.29) is 12.4 Å². The number of carbonyl (C=O) groups excluding carboxylic acids is 1. The van der Waals surface area contributed by atoms with Gasteiger partial charge in [0.25, 0.3) is 0 Å². The first-order chi connectivity index (χ1) is 15.8. The second-order valence-electron chi connectivity index (χ2n) is 9.27. The first-order valence-electron chi connectivity index (χ1n) is 11.7. The number of fused-ring (bicyclic) bond motifs is 1. The van der Waals surface area contributed by atoms with Crippen LogP contribution in [0.1, 0.15) is 37.6 Å². The molecule has 1 fully saturated rings. The molecule has 0 saturated carbocycles. The third-order valence-electron chi connectivity index (χ3n) is 6.02. The van der Waals surface area contributed by atoms with E-state index in [4.69, 9.17) is 14.2 Å². The second kappa shape index (κ2) is 10.0. The molecule has 7 heteroatoms. The van der Waals surface area contributed by atoms with Crippen LogP contribution in [-0.4, -0.2) is 73.4 Å². The number of benzene rings is 2. The summed E-state index contributed by atoms with van der Waals surface area (Å²) in [5.74, 6) is 2.14. The highest BCUT2D eigenvalue weighted by molar-refractivity contribution is 6.00. The maximum absolute atomic E-state index is 12.3. The van der Waals surface area contributed by atoms with Gasteiger partial charge in [0.2, 0.25) is 0 Å². The van der Waals surface area contributed by atoms with Crippen LogP contribution in [0.5, 0.6) is 17.2 Å². The summed E-state index contributed by atoms with van der Waals surface area (Å²) in [6.45, 7) is 10.7. The second-order valence-corrected chi connectivity index (χ2v) is 9.27. The Balaban J connectivity index is 1.26. The molecule has 0 bridgehead atoms. The molecule has 1 atom stereocenters. The Morgan fingerprint density at radius 2 is 1.85 bits per heavy atom. The van der Waals surface area contributed by atoms with Crippen molar-refractivity contribution in [2.24, 2.45) is 0 Å². The maximum atomic E-state index is 12.3. The zero-order chi connectivity index (χ0) is 23.4. The van der Waals surface area contributed by atoms with Gasteiger partial charge in [-0.3, -0.25) is 9.69 Å². The highest BCUT2D eigenvalue weighted by atomic mass is 16.5. The molecule has 0 aliphatic carbocycles. The topological polar surface area (TPSA) is 71.5 Å². The predicted molar refractivity (Wildman–Crippen MR) is 128 cm³/mol. The number of piperazine rings is 1. The lowest BCUT2D eigenvalue weighted by Gasteiger charge is -2.37. The Hall–Kier alpha value is -2.77. The van der Waals surface area contributed by atoms with Gasteiger partial charge in [0.05, 0.1) is 24.3 Å². The molecule has 7 nitrogen and oxygen atoms in total. The number of ketones is 1. The third kappa shape index (κ3) is 5.78. The van der Waals surface area contributed by atoms with Crippen LogP contribution in [0, 0.1) is 0 Å². The standard InChI is InChI=1S/C26H34N2O5/c1-4-31-24-8-6-5-7-22(24)28-13-11-27(12-14-28)17-19(29)18-32-20-9-10-21-23(30)16-26(2,3)33-25(21)15-20/h5-10,15,19,29H,4,11-14,16-18H2,1-3H3. The number of nitrogens with zero attached hydrogens (tertiary/aromatic N) is 2. The molecular weight excluding hydrogens is 420 g/mol. The van der Waals surface area contributed by atoms with Gasteiger partial charge in [0.1, 0.15) is 35.6 Å². The Kier molecular flexibility index (Phi) is 7.10. The monoisotopic (exact) mass is 454 g/mol. The van der Waals surface area contributed by atoms with E-state index in [0.29, 0.717) is 36.6 Å². The van der Waals surface area contributed by atoms with Gasteiger partial charge in [-0.1, -0.05) is 12.1 Å². The zero-order valence-electron chi connectivity index (χ0n) is 19.8. The molecule has 178 valence electrons. The van der Waals surface area contributed by atoms with Crippen molar-refractivity contribution >= 4 is 11.5 Å². The Morgan fingerprint density at radius 1 is 1.09 bits per heavy atom. The van der Waals surface area contributed by atoms with Crippen LogP contribution >= 0.6 is 0 Å². The van der Waals surface area contributed by atoms with Crippen molar-refractivity contribution < 1.29 is 24.1 Å². The summed E-state index contributed by atoms with van der Waals surface area (Å²) in [4.78, 5) is 16.9. The maximum Gasteiger partial charge on any atom is 0.170 e. The number of aliphatic hydroxyl groups excluding tert-OH is 1. The minimum atomic E-state index is -0.609. The van der Waals surface area contributed by atoms with E-state index in [1.54, 1.807) is 18.2 Å². The fourth-order valence-electron chi connectivity index (χ4n) is 4.43. The molecule has 2 aromatic carbocycles. The lowest BCUT2D eigenvalue weighted by molar-refractivity contribution is 0.0596. The molecule has 1 saturated heterocycles. The molecule has 0 aromatic heterocycles. The van der Waals surface area contributed by atoms with E-state index in [2.05, 4.69) is 15.9 Å². The largest absolute Gasteiger partial charge is 0.492 e. The quantitative estimate of drug-likeness (QED) is 0.656. The summed E-state index contributed by atoms with van der Waals surface area (Å²) in [5.41, 5.74) is 1.19. The molecule has 1 N–H and O–H groups in total. The lowest BCUT2D eigenvalue weighted by atomic mass is 9.93. The van der Waals surface area contributed by atoms with Crippen molar-refractivity contribution in [1.82, 2.24) is 4.90 Å². The number of hydrogen-bond acceptors (Lipinski definition) is 7. The fraction of sp³-hybridized carbons (Fsp3) is 0.500. The van der Waals surface area contributed by atoms with E-state index >= 15 is 0 Å². The van der Waals surface area contributed by atoms with E-state index in [0.717, 1.165) is 37.6 Å². The SMILES string of the molecule is CCOc1ccccc1N1CCN(CC(O)COc2ccc3c(c2)OC(C)(C)CC3=O)CC1. The summed E-state index contributed by atoms with van der Waals surface area (Å²) in [7, 11) is 0. The molecular formula is C26H34N2O5. The van der Waals surface area contributed by atoms with Crippen molar-refractivity contribution in [3.05, 3.63) is 48.0 Å². The van der Waals surface area contributed by atoms with E-state index in [1.165, 1.54) is 0 Å². The summed E-state index contributed by atoms with van der Waals surface area (Å²) in [6, 6.07) is 13.4. The zero-order valence-corrected chi connectivity index (χ0v) is 19.8. The van der Waals surface area contributed by atoms with E-state index < -0.39 is 11.7 Å². The Morgan fingerprint density at radius 3 is 2.61 bits per heavy atom. The highest BCUT2D eigenvalue weighted by Crippen LogP contribution is 2.35. The van der Waals surface area contributed by atoms with Crippen LogP contribution in [0.3, 0.4) is 0 Å². The van der Waals surface area contributed by atoms with Crippen molar-refractivity contribution in [1.29, 1.82) is 0 Å². The molecule has 2 aliphatic rings. The number of para-hydroxylation sites is 2. The first kappa shape index (κ1) is 23.4. The minimum absolute atomic E-state index is 0.0795. The third-order valence-corrected chi connectivity index (χ3v) is 6.02. The molecule has 4 rings (SSSR count). The van der Waals surface area contributed by atoms with Gasteiger partial charge >= 0.3 is 0 Å². The lowest BCUT2D eigenvalue weighted by Crippen LogP contribution is -2.49. The molecule has 2 aliphatic heterocycles. The number of β-amino-alcohol motifs (C(OH)–C–C–N with tert-alkyl or cyclic N) is 1. The van der Waals surface area contributed by atoms with Gasteiger partial charge < -0.3 is 24.2 Å². The molecule has 33 heavy (non-hydrogen) atoms. The number of aliphatic hydroxyl groups is 1. The van der Waals surface area contributed by atoms with Crippen LogP contribution < -0.4 is 19.1 Å². The Bertz CT molecular complexity index is 969. The molecule has 0 spiro atoms. The number of anilines is 1. The number of carbonyl (C=O) groups is 1. The summed E-state index contributed by atoms with van der Waals surface area (Å²) in [6.07, 6.45) is -0.245. The average Bonchev–Trinajstić information content (AvgIpc) is 2.78. The molecule has 0 radical (unpaired) electrons. The molecule has 2 aromatic rings. The smallest absolute Gasteiger partial charge is 0.170 e. The number of Topliss-reactive ketones (excluding diaryl/α,β-unsaturated/α-hetero) is 1. The van der Waals surface area contributed by atoms with Gasteiger partial charge in [-0.2, -0.15) is 0 Å². The number of hydrogen-bond donors (Lipinski definition) is 1. The van der Waals surface area contributed by atoms with Gasteiger partial charge in [-0.15, -0.1) is 0 Å². The summed E-state index contributed by atoms with van der Waals surface area (Å²) >= 11 is 0. The first-order valence-corrected chi connectivity index (χ1v) is 11.7. The molecule has 0 amide bonds. The van der Waals surface area contributed by atoms with Crippen molar-refractivity contribution in [2.45, 2.75) is 38.9 Å².